The van der Waals surface area contributed by atoms with Crippen LogP contribution in [0.4, 0.5) is 5.82 Å². The zero-order valence-electron chi connectivity index (χ0n) is 12.4. The van der Waals surface area contributed by atoms with Gasteiger partial charge >= 0.3 is 0 Å². The SMILES string of the molecule is O=C(NCc1cc(N2CCOCC2)ncn1)c1ccnc(Cl)c1. The molecule has 8 heteroatoms. The van der Waals surface area contributed by atoms with Crippen molar-refractivity contribution in [1.29, 1.82) is 0 Å². The number of rotatable bonds is 4. The predicted octanol–water partition coefficient (Wildman–Crippen LogP) is 1.29. The second-order valence-electron chi connectivity index (χ2n) is 5.02. The molecule has 0 aliphatic carbocycles. The molecule has 1 fully saturated rings. The number of aromatic nitrogens is 3. The Morgan fingerprint density at radius 2 is 2.09 bits per heavy atom. The molecule has 1 saturated heterocycles. The average molecular weight is 334 g/mol. The maximum Gasteiger partial charge on any atom is 0.251 e. The summed E-state index contributed by atoms with van der Waals surface area (Å²) < 4.78 is 5.33. The summed E-state index contributed by atoms with van der Waals surface area (Å²) in [6.45, 7) is 3.31. The minimum Gasteiger partial charge on any atom is -0.378 e. The molecule has 2 aromatic heterocycles. The third kappa shape index (κ3) is 4.14. The number of halogens is 1. The first kappa shape index (κ1) is 15.6. The zero-order chi connectivity index (χ0) is 16.1. The van der Waals surface area contributed by atoms with Crippen LogP contribution in [0.1, 0.15) is 16.1 Å². The highest BCUT2D eigenvalue weighted by Gasteiger charge is 2.13. The normalized spacial score (nSPS) is 14.6. The highest BCUT2D eigenvalue weighted by atomic mass is 35.5. The van der Waals surface area contributed by atoms with E-state index in [4.69, 9.17) is 16.3 Å². The molecule has 120 valence electrons. The van der Waals surface area contributed by atoms with Crippen LogP contribution < -0.4 is 10.2 Å². The molecule has 7 nitrogen and oxygen atoms in total. The van der Waals surface area contributed by atoms with Crippen molar-refractivity contribution in [1.82, 2.24) is 20.3 Å². The van der Waals surface area contributed by atoms with Gasteiger partial charge in [0.15, 0.2) is 0 Å². The Hall–Kier alpha value is -2.25. The predicted molar refractivity (Wildman–Crippen MR) is 85.5 cm³/mol. The first-order valence-corrected chi connectivity index (χ1v) is 7.63. The summed E-state index contributed by atoms with van der Waals surface area (Å²) in [5.41, 5.74) is 1.21. The maximum absolute atomic E-state index is 12.1. The summed E-state index contributed by atoms with van der Waals surface area (Å²) in [5, 5.41) is 3.10. The van der Waals surface area contributed by atoms with E-state index in [9.17, 15) is 4.79 Å². The Kier molecular flexibility index (Phi) is 4.99. The summed E-state index contributed by atoms with van der Waals surface area (Å²) in [6.07, 6.45) is 3.01. The number of pyridine rings is 1. The molecule has 0 atom stereocenters. The van der Waals surface area contributed by atoms with Crippen molar-refractivity contribution in [2.24, 2.45) is 0 Å². The highest BCUT2D eigenvalue weighted by Crippen LogP contribution is 2.13. The van der Waals surface area contributed by atoms with Gasteiger partial charge in [0.2, 0.25) is 0 Å². The van der Waals surface area contributed by atoms with Crippen molar-refractivity contribution in [3.8, 4) is 0 Å². The van der Waals surface area contributed by atoms with Crippen LogP contribution in [-0.4, -0.2) is 47.2 Å². The number of amides is 1. The Bertz CT molecular complexity index is 691. The van der Waals surface area contributed by atoms with Crippen molar-refractivity contribution in [3.05, 3.63) is 47.1 Å². The fourth-order valence-corrected chi connectivity index (χ4v) is 2.44. The molecular weight excluding hydrogens is 318 g/mol. The zero-order valence-corrected chi connectivity index (χ0v) is 13.2. The van der Waals surface area contributed by atoms with E-state index < -0.39 is 0 Å². The molecule has 1 aliphatic heterocycles. The molecule has 23 heavy (non-hydrogen) atoms. The second-order valence-corrected chi connectivity index (χ2v) is 5.40. The van der Waals surface area contributed by atoms with Crippen molar-refractivity contribution >= 4 is 23.3 Å². The summed E-state index contributed by atoms with van der Waals surface area (Å²) >= 11 is 5.79. The summed E-state index contributed by atoms with van der Waals surface area (Å²) in [6, 6.07) is 5.02. The molecule has 0 bridgehead atoms. The molecule has 1 aliphatic rings. The van der Waals surface area contributed by atoms with Crippen molar-refractivity contribution in [2.75, 3.05) is 31.2 Å². The first-order valence-electron chi connectivity index (χ1n) is 7.26. The van der Waals surface area contributed by atoms with Crippen LogP contribution in [0, 0.1) is 0 Å². The fourth-order valence-electron chi connectivity index (χ4n) is 2.26. The molecule has 3 heterocycles. The molecular formula is C15H16ClN5O2. The van der Waals surface area contributed by atoms with E-state index in [1.807, 2.05) is 6.07 Å². The van der Waals surface area contributed by atoms with Crippen LogP contribution in [-0.2, 0) is 11.3 Å². The van der Waals surface area contributed by atoms with Gasteiger partial charge in [-0.3, -0.25) is 4.79 Å². The minimum atomic E-state index is -0.221. The van der Waals surface area contributed by atoms with Crippen molar-refractivity contribution in [2.45, 2.75) is 6.54 Å². The van der Waals surface area contributed by atoms with Gasteiger partial charge in [-0.15, -0.1) is 0 Å². The lowest BCUT2D eigenvalue weighted by atomic mass is 10.2. The summed E-state index contributed by atoms with van der Waals surface area (Å²) in [4.78, 5) is 26.6. The third-order valence-electron chi connectivity index (χ3n) is 3.46. The molecule has 1 N–H and O–H groups in total. The topological polar surface area (TPSA) is 80.2 Å². The van der Waals surface area contributed by atoms with E-state index in [1.54, 1.807) is 6.07 Å². The van der Waals surface area contributed by atoms with E-state index in [0.29, 0.717) is 25.3 Å². The second kappa shape index (κ2) is 7.34. The van der Waals surface area contributed by atoms with Gasteiger partial charge in [-0.2, -0.15) is 0 Å². The maximum atomic E-state index is 12.1. The largest absolute Gasteiger partial charge is 0.378 e. The van der Waals surface area contributed by atoms with Crippen LogP contribution in [0.2, 0.25) is 5.15 Å². The van der Waals surface area contributed by atoms with Crippen molar-refractivity contribution < 1.29 is 9.53 Å². The number of carbonyl (C=O) groups excluding carboxylic acids is 1. The molecule has 2 aromatic rings. The Balaban J connectivity index is 1.63. The van der Waals surface area contributed by atoms with E-state index >= 15 is 0 Å². The van der Waals surface area contributed by atoms with Gasteiger partial charge in [-0.25, -0.2) is 15.0 Å². The lowest BCUT2D eigenvalue weighted by Gasteiger charge is -2.27. The molecule has 3 rings (SSSR count). The third-order valence-corrected chi connectivity index (χ3v) is 3.67. The Morgan fingerprint density at radius 1 is 1.26 bits per heavy atom. The van der Waals surface area contributed by atoms with E-state index in [0.717, 1.165) is 24.6 Å². The Morgan fingerprint density at radius 3 is 2.87 bits per heavy atom. The average Bonchev–Trinajstić information content (AvgIpc) is 2.61. The minimum absolute atomic E-state index is 0.221. The number of hydrogen-bond acceptors (Lipinski definition) is 6. The van der Waals surface area contributed by atoms with Gasteiger partial charge in [-0.1, -0.05) is 11.6 Å². The molecule has 0 spiro atoms. The Labute approximate surface area is 138 Å². The number of ether oxygens (including phenoxy) is 1. The van der Waals surface area contributed by atoms with Gasteiger partial charge in [0, 0.05) is 30.9 Å². The van der Waals surface area contributed by atoms with Crippen LogP contribution in [0.25, 0.3) is 0 Å². The van der Waals surface area contributed by atoms with E-state index in [2.05, 4.69) is 25.2 Å². The molecule has 0 aromatic carbocycles. The molecule has 1 amide bonds. The lowest BCUT2D eigenvalue weighted by molar-refractivity contribution is 0.0950. The van der Waals surface area contributed by atoms with Crippen LogP contribution >= 0.6 is 11.6 Å². The number of carbonyl (C=O) groups is 1. The number of morpholine rings is 1. The number of nitrogens with one attached hydrogen (secondary N) is 1. The molecule has 0 radical (unpaired) electrons. The van der Waals surface area contributed by atoms with Gasteiger partial charge in [0.1, 0.15) is 17.3 Å². The van der Waals surface area contributed by atoms with Gasteiger partial charge < -0.3 is 15.0 Å². The number of anilines is 1. The van der Waals surface area contributed by atoms with Crippen LogP contribution in [0.5, 0.6) is 0 Å². The first-order chi connectivity index (χ1) is 11.2. The monoisotopic (exact) mass is 333 g/mol. The van der Waals surface area contributed by atoms with E-state index in [-0.39, 0.29) is 11.1 Å². The quantitative estimate of drug-likeness (QED) is 0.849. The molecule has 0 unspecified atom stereocenters. The van der Waals surface area contributed by atoms with E-state index in [1.165, 1.54) is 18.6 Å². The standard InChI is InChI=1S/C15H16ClN5O2/c16-13-7-11(1-2-17-13)15(22)18-9-12-8-14(20-10-19-12)21-3-5-23-6-4-21/h1-2,7-8,10H,3-6,9H2,(H,18,22). The molecule has 0 saturated carbocycles. The smallest absolute Gasteiger partial charge is 0.251 e. The number of hydrogen-bond donors (Lipinski definition) is 1. The van der Waals surface area contributed by atoms with Crippen LogP contribution in [0.3, 0.4) is 0 Å². The summed E-state index contributed by atoms with van der Waals surface area (Å²) in [7, 11) is 0. The van der Waals surface area contributed by atoms with Crippen molar-refractivity contribution in [3.63, 3.8) is 0 Å². The van der Waals surface area contributed by atoms with Gasteiger partial charge in [-0.05, 0) is 12.1 Å². The van der Waals surface area contributed by atoms with Crippen LogP contribution in [0.15, 0.2) is 30.7 Å². The van der Waals surface area contributed by atoms with Gasteiger partial charge in [0.25, 0.3) is 5.91 Å². The summed E-state index contributed by atoms with van der Waals surface area (Å²) in [5.74, 6) is 0.625. The van der Waals surface area contributed by atoms with Gasteiger partial charge in [0.05, 0.1) is 25.5 Å². The number of nitrogens with zero attached hydrogens (tertiary/aromatic N) is 4. The fraction of sp³-hybridized carbons (Fsp3) is 0.333. The lowest BCUT2D eigenvalue weighted by Crippen LogP contribution is -2.37. The highest BCUT2D eigenvalue weighted by molar-refractivity contribution is 6.29.